The molecule has 1 saturated heterocycles. The van der Waals surface area contributed by atoms with Crippen molar-refractivity contribution in [1.29, 1.82) is 0 Å². The average molecular weight is 237 g/mol. The Balaban J connectivity index is 2.07. The van der Waals surface area contributed by atoms with E-state index in [1.807, 2.05) is 19.1 Å². The molecule has 1 aromatic rings. The normalized spacial score (nSPS) is 17.1. The molecule has 4 nitrogen and oxygen atoms in total. The predicted octanol–water partition coefficient (Wildman–Crippen LogP) is 1.69. The standard InChI is InChI=1S/C13H19NO3/c1-2-11-7-10(9-15)8-13(14-11)17-12-3-5-16-6-4-12/h7-8,12,15H,2-6,9H2,1H3. The molecule has 1 N–H and O–H groups in total. The third kappa shape index (κ3) is 3.41. The number of aromatic nitrogens is 1. The van der Waals surface area contributed by atoms with Crippen molar-refractivity contribution in [3.05, 3.63) is 23.4 Å². The fourth-order valence-corrected chi connectivity index (χ4v) is 1.92. The minimum Gasteiger partial charge on any atom is -0.474 e. The molecule has 2 rings (SSSR count). The number of ether oxygens (including phenoxy) is 2. The SMILES string of the molecule is CCc1cc(CO)cc(OC2CCOCC2)n1. The lowest BCUT2D eigenvalue weighted by atomic mass is 10.1. The summed E-state index contributed by atoms with van der Waals surface area (Å²) in [6.07, 6.45) is 2.85. The number of aliphatic hydroxyl groups excluding tert-OH is 1. The van der Waals surface area contributed by atoms with Crippen LogP contribution in [0.1, 0.15) is 31.0 Å². The zero-order valence-electron chi connectivity index (χ0n) is 10.2. The molecule has 0 bridgehead atoms. The topological polar surface area (TPSA) is 51.6 Å². The van der Waals surface area contributed by atoms with Crippen molar-refractivity contribution in [2.75, 3.05) is 13.2 Å². The lowest BCUT2D eigenvalue weighted by molar-refractivity contribution is 0.0236. The number of nitrogens with zero attached hydrogens (tertiary/aromatic N) is 1. The first-order valence-corrected chi connectivity index (χ1v) is 6.17. The van der Waals surface area contributed by atoms with Crippen LogP contribution in [0, 0.1) is 0 Å². The predicted molar refractivity (Wildman–Crippen MR) is 64.0 cm³/mol. The molecular formula is C13H19NO3. The van der Waals surface area contributed by atoms with Crippen LogP contribution in [0.4, 0.5) is 0 Å². The highest BCUT2D eigenvalue weighted by Crippen LogP contribution is 2.18. The lowest BCUT2D eigenvalue weighted by Gasteiger charge is -2.23. The Morgan fingerprint density at radius 2 is 2.18 bits per heavy atom. The fraction of sp³-hybridized carbons (Fsp3) is 0.615. The maximum atomic E-state index is 9.18. The van der Waals surface area contributed by atoms with Gasteiger partial charge in [-0.25, -0.2) is 4.98 Å². The molecule has 0 aliphatic carbocycles. The maximum absolute atomic E-state index is 9.18. The summed E-state index contributed by atoms with van der Waals surface area (Å²) in [7, 11) is 0. The van der Waals surface area contributed by atoms with Crippen molar-refractivity contribution in [3.8, 4) is 5.88 Å². The van der Waals surface area contributed by atoms with Gasteiger partial charge in [-0.2, -0.15) is 0 Å². The molecule has 0 amide bonds. The first-order chi connectivity index (χ1) is 8.31. The minimum atomic E-state index is 0.0274. The molecular weight excluding hydrogens is 218 g/mol. The van der Waals surface area contributed by atoms with E-state index in [1.54, 1.807) is 0 Å². The van der Waals surface area contributed by atoms with E-state index in [0.29, 0.717) is 5.88 Å². The molecule has 2 heterocycles. The van der Waals surface area contributed by atoms with Crippen LogP contribution in [-0.2, 0) is 17.8 Å². The van der Waals surface area contributed by atoms with Gasteiger partial charge >= 0.3 is 0 Å². The van der Waals surface area contributed by atoms with Gasteiger partial charge in [0, 0.05) is 24.6 Å². The summed E-state index contributed by atoms with van der Waals surface area (Å²) >= 11 is 0. The number of aryl methyl sites for hydroxylation is 1. The van der Waals surface area contributed by atoms with Gasteiger partial charge in [-0.1, -0.05) is 6.92 Å². The monoisotopic (exact) mass is 237 g/mol. The second-order valence-electron chi connectivity index (χ2n) is 4.25. The number of hydrogen-bond donors (Lipinski definition) is 1. The summed E-state index contributed by atoms with van der Waals surface area (Å²) in [6, 6.07) is 3.73. The molecule has 1 aliphatic rings. The van der Waals surface area contributed by atoms with Crippen molar-refractivity contribution in [2.24, 2.45) is 0 Å². The first kappa shape index (κ1) is 12.3. The Hall–Kier alpha value is -1.13. The van der Waals surface area contributed by atoms with Crippen LogP contribution in [-0.4, -0.2) is 29.4 Å². The molecule has 1 fully saturated rings. The number of rotatable bonds is 4. The molecule has 0 atom stereocenters. The maximum Gasteiger partial charge on any atom is 0.214 e. The van der Waals surface area contributed by atoms with Crippen LogP contribution in [0.15, 0.2) is 12.1 Å². The third-order valence-electron chi connectivity index (χ3n) is 2.92. The Morgan fingerprint density at radius 3 is 2.82 bits per heavy atom. The number of hydrogen-bond acceptors (Lipinski definition) is 4. The molecule has 4 heteroatoms. The lowest BCUT2D eigenvalue weighted by Crippen LogP contribution is -2.26. The second kappa shape index (κ2) is 5.98. The van der Waals surface area contributed by atoms with Crippen LogP contribution >= 0.6 is 0 Å². The van der Waals surface area contributed by atoms with E-state index in [1.165, 1.54) is 0 Å². The van der Waals surface area contributed by atoms with Gasteiger partial charge in [-0.3, -0.25) is 0 Å². The Morgan fingerprint density at radius 1 is 1.41 bits per heavy atom. The molecule has 1 aromatic heterocycles. The van der Waals surface area contributed by atoms with Gasteiger partial charge in [0.2, 0.25) is 5.88 Å². The van der Waals surface area contributed by atoms with E-state index < -0.39 is 0 Å². The third-order valence-corrected chi connectivity index (χ3v) is 2.92. The molecule has 0 spiro atoms. The summed E-state index contributed by atoms with van der Waals surface area (Å²) in [4.78, 5) is 4.42. The van der Waals surface area contributed by atoms with Crippen molar-refractivity contribution in [1.82, 2.24) is 4.98 Å². The first-order valence-electron chi connectivity index (χ1n) is 6.17. The van der Waals surface area contributed by atoms with Crippen LogP contribution in [0.3, 0.4) is 0 Å². The van der Waals surface area contributed by atoms with Crippen molar-refractivity contribution in [3.63, 3.8) is 0 Å². The van der Waals surface area contributed by atoms with E-state index in [-0.39, 0.29) is 12.7 Å². The van der Waals surface area contributed by atoms with E-state index in [0.717, 1.165) is 43.7 Å². The van der Waals surface area contributed by atoms with Crippen molar-refractivity contribution < 1.29 is 14.6 Å². The quantitative estimate of drug-likeness (QED) is 0.866. The smallest absolute Gasteiger partial charge is 0.214 e. The van der Waals surface area contributed by atoms with Gasteiger partial charge in [0.15, 0.2) is 0 Å². The summed E-state index contributed by atoms with van der Waals surface area (Å²) in [6.45, 7) is 3.58. The highest BCUT2D eigenvalue weighted by molar-refractivity contribution is 5.24. The second-order valence-corrected chi connectivity index (χ2v) is 4.25. The van der Waals surface area contributed by atoms with E-state index >= 15 is 0 Å². The highest BCUT2D eigenvalue weighted by Gasteiger charge is 2.16. The Kier molecular flexibility index (Phi) is 4.34. The Bertz CT molecular complexity index is 339. The zero-order valence-corrected chi connectivity index (χ0v) is 10.2. The van der Waals surface area contributed by atoms with Crippen LogP contribution in [0.5, 0.6) is 5.88 Å². The molecule has 94 valence electrons. The average Bonchev–Trinajstić information content (AvgIpc) is 2.39. The van der Waals surface area contributed by atoms with E-state index in [9.17, 15) is 5.11 Å². The molecule has 0 aromatic carbocycles. The molecule has 1 aliphatic heterocycles. The van der Waals surface area contributed by atoms with Gasteiger partial charge in [0.1, 0.15) is 6.10 Å². The van der Waals surface area contributed by atoms with Gasteiger partial charge in [-0.15, -0.1) is 0 Å². The van der Waals surface area contributed by atoms with Crippen LogP contribution in [0.25, 0.3) is 0 Å². The van der Waals surface area contributed by atoms with Crippen molar-refractivity contribution in [2.45, 2.75) is 38.9 Å². The van der Waals surface area contributed by atoms with Crippen molar-refractivity contribution >= 4 is 0 Å². The molecule has 0 radical (unpaired) electrons. The summed E-state index contributed by atoms with van der Waals surface area (Å²) < 4.78 is 11.1. The van der Waals surface area contributed by atoms with Gasteiger partial charge < -0.3 is 14.6 Å². The van der Waals surface area contributed by atoms with E-state index in [2.05, 4.69) is 4.98 Å². The largest absolute Gasteiger partial charge is 0.474 e. The van der Waals surface area contributed by atoms with E-state index in [4.69, 9.17) is 9.47 Å². The van der Waals surface area contributed by atoms with Gasteiger partial charge in [-0.05, 0) is 18.1 Å². The summed E-state index contributed by atoms with van der Waals surface area (Å²) in [5, 5.41) is 9.18. The minimum absolute atomic E-state index is 0.0274. The molecule has 0 unspecified atom stereocenters. The highest BCUT2D eigenvalue weighted by atomic mass is 16.5. The van der Waals surface area contributed by atoms with Gasteiger partial charge in [0.05, 0.1) is 19.8 Å². The molecule has 0 saturated carbocycles. The fourth-order valence-electron chi connectivity index (χ4n) is 1.92. The molecule has 17 heavy (non-hydrogen) atoms. The summed E-state index contributed by atoms with van der Waals surface area (Å²) in [5.74, 6) is 0.625. The van der Waals surface area contributed by atoms with Crippen LogP contribution in [0.2, 0.25) is 0 Å². The van der Waals surface area contributed by atoms with Crippen LogP contribution < -0.4 is 4.74 Å². The zero-order chi connectivity index (χ0) is 12.1. The Labute approximate surface area is 102 Å². The summed E-state index contributed by atoms with van der Waals surface area (Å²) in [5.41, 5.74) is 1.82. The van der Waals surface area contributed by atoms with Gasteiger partial charge in [0.25, 0.3) is 0 Å². The number of aliphatic hydroxyl groups is 1. The number of pyridine rings is 1.